The van der Waals surface area contributed by atoms with E-state index in [1.807, 2.05) is 0 Å². The van der Waals surface area contributed by atoms with Gasteiger partial charge < -0.3 is 11.1 Å². The summed E-state index contributed by atoms with van der Waals surface area (Å²) in [4.78, 5) is 11.1. The molecule has 1 unspecified atom stereocenters. The Labute approximate surface area is 81.1 Å². The summed E-state index contributed by atoms with van der Waals surface area (Å²) < 4.78 is 0. The predicted octanol–water partition coefficient (Wildman–Crippen LogP) is 1.42. The van der Waals surface area contributed by atoms with Gasteiger partial charge in [0, 0.05) is 19.0 Å². The van der Waals surface area contributed by atoms with Gasteiger partial charge in [-0.3, -0.25) is 4.79 Å². The molecule has 0 spiro atoms. The maximum atomic E-state index is 11.1. The van der Waals surface area contributed by atoms with E-state index in [9.17, 15) is 4.79 Å². The second kappa shape index (κ2) is 8.05. The normalized spacial score (nSPS) is 12.5. The molecule has 0 aromatic carbocycles. The summed E-state index contributed by atoms with van der Waals surface area (Å²) in [5.74, 6) is 0.133. The van der Waals surface area contributed by atoms with Gasteiger partial charge in [-0.2, -0.15) is 0 Å². The van der Waals surface area contributed by atoms with Crippen LogP contribution in [0.3, 0.4) is 0 Å². The molecule has 13 heavy (non-hydrogen) atoms. The van der Waals surface area contributed by atoms with Crippen LogP contribution in [0.15, 0.2) is 0 Å². The Morgan fingerprint density at radius 1 is 1.38 bits per heavy atom. The molecule has 0 rings (SSSR count). The van der Waals surface area contributed by atoms with Crippen LogP contribution in [0.4, 0.5) is 0 Å². The lowest BCUT2D eigenvalue weighted by molar-refractivity contribution is -0.121. The Morgan fingerprint density at radius 2 is 2.08 bits per heavy atom. The van der Waals surface area contributed by atoms with E-state index in [-0.39, 0.29) is 11.9 Å². The highest BCUT2D eigenvalue weighted by molar-refractivity contribution is 5.75. The fourth-order valence-electron chi connectivity index (χ4n) is 1.14. The molecule has 3 N–H and O–H groups in total. The van der Waals surface area contributed by atoms with Crippen LogP contribution in [0.5, 0.6) is 0 Å². The van der Waals surface area contributed by atoms with Gasteiger partial charge in [0.05, 0.1) is 0 Å². The van der Waals surface area contributed by atoms with E-state index in [0.717, 1.165) is 25.7 Å². The van der Waals surface area contributed by atoms with E-state index >= 15 is 0 Å². The van der Waals surface area contributed by atoms with Crippen molar-refractivity contribution in [3.05, 3.63) is 0 Å². The highest BCUT2D eigenvalue weighted by Crippen LogP contribution is 1.94. The first-order valence-corrected chi connectivity index (χ1v) is 5.23. The molecule has 0 saturated carbocycles. The number of amides is 1. The fraction of sp³-hybridized carbons (Fsp3) is 0.900. The van der Waals surface area contributed by atoms with Crippen molar-refractivity contribution in [3.63, 3.8) is 0 Å². The standard InChI is InChI=1S/C10H22N2O/c1-3-5-7-10(13)12-8-9(11)6-4-2/h9H,3-8,11H2,1-2H3,(H,12,13). The first-order valence-electron chi connectivity index (χ1n) is 5.23. The van der Waals surface area contributed by atoms with Crippen molar-refractivity contribution in [1.82, 2.24) is 5.32 Å². The second-order valence-electron chi connectivity index (χ2n) is 3.46. The Hall–Kier alpha value is -0.570. The highest BCUT2D eigenvalue weighted by Gasteiger charge is 2.03. The minimum atomic E-state index is 0.121. The molecule has 0 saturated heterocycles. The molecule has 0 heterocycles. The number of hydrogen-bond donors (Lipinski definition) is 2. The third-order valence-corrected chi connectivity index (χ3v) is 1.98. The second-order valence-corrected chi connectivity index (χ2v) is 3.46. The zero-order valence-electron chi connectivity index (χ0n) is 8.81. The quantitative estimate of drug-likeness (QED) is 0.632. The van der Waals surface area contributed by atoms with Crippen molar-refractivity contribution in [3.8, 4) is 0 Å². The van der Waals surface area contributed by atoms with E-state index in [0.29, 0.717) is 13.0 Å². The van der Waals surface area contributed by atoms with Gasteiger partial charge in [0.2, 0.25) is 5.91 Å². The molecule has 0 bridgehead atoms. The molecule has 0 aromatic heterocycles. The summed E-state index contributed by atoms with van der Waals surface area (Å²) in [6.45, 7) is 4.80. The maximum Gasteiger partial charge on any atom is 0.220 e. The average Bonchev–Trinajstić information content (AvgIpc) is 2.12. The minimum Gasteiger partial charge on any atom is -0.355 e. The lowest BCUT2D eigenvalue weighted by Crippen LogP contribution is -2.36. The van der Waals surface area contributed by atoms with Crippen LogP contribution in [-0.2, 0) is 4.79 Å². The summed E-state index contributed by atoms with van der Waals surface area (Å²) >= 11 is 0. The largest absolute Gasteiger partial charge is 0.355 e. The summed E-state index contributed by atoms with van der Waals surface area (Å²) in [5, 5.41) is 2.84. The van der Waals surface area contributed by atoms with E-state index in [1.165, 1.54) is 0 Å². The topological polar surface area (TPSA) is 55.1 Å². The molecule has 0 fully saturated rings. The number of rotatable bonds is 7. The molecule has 0 aromatic rings. The SMILES string of the molecule is CCCCC(=O)NCC(N)CCC. The van der Waals surface area contributed by atoms with Crippen LogP contribution in [-0.4, -0.2) is 18.5 Å². The van der Waals surface area contributed by atoms with Gasteiger partial charge in [0.15, 0.2) is 0 Å². The van der Waals surface area contributed by atoms with E-state index < -0.39 is 0 Å². The summed E-state index contributed by atoms with van der Waals surface area (Å²) in [5.41, 5.74) is 5.75. The molecule has 3 nitrogen and oxygen atoms in total. The molecule has 78 valence electrons. The van der Waals surface area contributed by atoms with E-state index in [2.05, 4.69) is 19.2 Å². The zero-order chi connectivity index (χ0) is 10.1. The van der Waals surface area contributed by atoms with Gasteiger partial charge in [-0.05, 0) is 12.8 Å². The van der Waals surface area contributed by atoms with Crippen molar-refractivity contribution >= 4 is 5.91 Å². The Balaban J connectivity index is 3.34. The fourth-order valence-corrected chi connectivity index (χ4v) is 1.14. The van der Waals surface area contributed by atoms with E-state index in [4.69, 9.17) is 5.73 Å². The third kappa shape index (κ3) is 7.78. The van der Waals surface area contributed by atoms with Gasteiger partial charge in [0.1, 0.15) is 0 Å². The molecule has 0 aliphatic rings. The number of nitrogens with one attached hydrogen (secondary N) is 1. The number of hydrogen-bond acceptors (Lipinski definition) is 2. The predicted molar refractivity (Wildman–Crippen MR) is 55.4 cm³/mol. The van der Waals surface area contributed by atoms with Crippen LogP contribution >= 0.6 is 0 Å². The third-order valence-electron chi connectivity index (χ3n) is 1.98. The van der Waals surface area contributed by atoms with E-state index in [1.54, 1.807) is 0 Å². The summed E-state index contributed by atoms with van der Waals surface area (Å²) in [6.07, 6.45) is 4.72. The van der Waals surface area contributed by atoms with Crippen molar-refractivity contribution in [2.24, 2.45) is 5.73 Å². The average molecular weight is 186 g/mol. The minimum absolute atomic E-state index is 0.121. The lowest BCUT2D eigenvalue weighted by Gasteiger charge is -2.11. The molecular formula is C10H22N2O. The van der Waals surface area contributed by atoms with Gasteiger partial charge in [0.25, 0.3) is 0 Å². The van der Waals surface area contributed by atoms with Gasteiger partial charge in [-0.1, -0.05) is 26.7 Å². The van der Waals surface area contributed by atoms with Crippen LogP contribution < -0.4 is 11.1 Å². The lowest BCUT2D eigenvalue weighted by atomic mass is 10.2. The highest BCUT2D eigenvalue weighted by atomic mass is 16.1. The maximum absolute atomic E-state index is 11.1. The van der Waals surface area contributed by atoms with Crippen LogP contribution in [0.1, 0.15) is 46.0 Å². The number of carbonyl (C=O) groups excluding carboxylic acids is 1. The van der Waals surface area contributed by atoms with Crippen LogP contribution in [0, 0.1) is 0 Å². The Bertz CT molecular complexity index is 137. The summed E-state index contributed by atoms with van der Waals surface area (Å²) in [7, 11) is 0. The van der Waals surface area contributed by atoms with Gasteiger partial charge in [-0.15, -0.1) is 0 Å². The zero-order valence-corrected chi connectivity index (χ0v) is 8.81. The molecule has 0 aliphatic heterocycles. The number of carbonyl (C=O) groups is 1. The molecule has 0 aliphatic carbocycles. The first kappa shape index (κ1) is 12.4. The first-order chi connectivity index (χ1) is 6.20. The molecule has 0 radical (unpaired) electrons. The Kier molecular flexibility index (Phi) is 7.69. The molecular weight excluding hydrogens is 164 g/mol. The number of unbranched alkanes of at least 4 members (excludes halogenated alkanes) is 1. The smallest absolute Gasteiger partial charge is 0.220 e. The molecule has 1 atom stereocenters. The van der Waals surface area contributed by atoms with Crippen LogP contribution in [0.25, 0.3) is 0 Å². The molecule has 1 amide bonds. The monoisotopic (exact) mass is 186 g/mol. The van der Waals surface area contributed by atoms with Crippen molar-refractivity contribution in [1.29, 1.82) is 0 Å². The van der Waals surface area contributed by atoms with Gasteiger partial charge >= 0.3 is 0 Å². The van der Waals surface area contributed by atoms with Gasteiger partial charge in [-0.25, -0.2) is 0 Å². The van der Waals surface area contributed by atoms with Crippen molar-refractivity contribution < 1.29 is 4.79 Å². The Morgan fingerprint density at radius 3 is 2.62 bits per heavy atom. The van der Waals surface area contributed by atoms with Crippen molar-refractivity contribution in [2.75, 3.05) is 6.54 Å². The van der Waals surface area contributed by atoms with Crippen molar-refractivity contribution in [2.45, 2.75) is 52.0 Å². The van der Waals surface area contributed by atoms with Crippen LogP contribution in [0.2, 0.25) is 0 Å². The molecule has 3 heteroatoms. The summed E-state index contributed by atoms with van der Waals surface area (Å²) in [6, 6.07) is 0.121. The number of nitrogens with two attached hydrogens (primary N) is 1.